The maximum atomic E-state index is 11.9. The van der Waals surface area contributed by atoms with E-state index in [0.29, 0.717) is 23.8 Å². The molecular formula is C12H20N4O. The number of hydrogen-bond donors (Lipinski definition) is 3. The molecule has 0 aromatic carbocycles. The van der Waals surface area contributed by atoms with Crippen LogP contribution < -0.4 is 16.6 Å². The van der Waals surface area contributed by atoms with Gasteiger partial charge in [0, 0.05) is 17.8 Å². The molecule has 0 radical (unpaired) electrons. The zero-order chi connectivity index (χ0) is 12.8. The van der Waals surface area contributed by atoms with Gasteiger partial charge in [-0.25, -0.2) is 10.8 Å². The van der Waals surface area contributed by atoms with Gasteiger partial charge in [-0.2, -0.15) is 0 Å². The molecule has 94 valence electrons. The third-order valence-corrected chi connectivity index (χ3v) is 2.32. The van der Waals surface area contributed by atoms with Crippen LogP contribution in [0, 0.1) is 5.92 Å². The molecule has 1 aromatic rings. The summed E-state index contributed by atoms with van der Waals surface area (Å²) in [5, 5.41) is 2.87. The van der Waals surface area contributed by atoms with Crippen molar-refractivity contribution in [2.45, 2.75) is 27.2 Å². The molecule has 0 aliphatic rings. The third kappa shape index (κ3) is 4.03. The van der Waals surface area contributed by atoms with Gasteiger partial charge in [0.25, 0.3) is 5.91 Å². The van der Waals surface area contributed by atoms with Crippen molar-refractivity contribution in [2.24, 2.45) is 11.8 Å². The topological polar surface area (TPSA) is 80.0 Å². The Bertz CT molecular complexity index is 368. The summed E-state index contributed by atoms with van der Waals surface area (Å²) in [4.78, 5) is 16.1. The zero-order valence-corrected chi connectivity index (χ0v) is 10.6. The lowest BCUT2D eigenvalue weighted by atomic mass is 10.1. The molecule has 0 bridgehead atoms. The average Bonchev–Trinajstić information content (AvgIpc) is 2.34. The summed E-state index contributed by atoms with van der Waals surface area (Å²) in [5.74, 6) is 6.17. The van der Waals surface area contributed by atoms with Crippen LogP contribution >= 0.6 is 0 Å². The van der Waals surface area contributed by atoms with Gasteiger partial charge < -0.3 is 10.7 Å². The van der Waals surface area contributed by atoms with Crippen molar-refractivity contribution in [2.75, 3.05) is 12.0 Å². The van der Waals surface area contributed by atoms with Crippen LogP contribution in [0.4, 0.5) is 5.82 Å². The van der Waals surface area contributed by atoms with Gasteiger partial charge >= 0.3 is 0 Å². The van der Waals surface area contributed by atoms with Crippen LogP contribution in [0.1, 0.15) is 36.8 Å². The highest BCUT2D eigenvalue weighted by atomic mass is 16.1. The van der Waals surface area contributed by atoms with Crippen LogP contribution in [-0.4, -0.2) is 17.4 Å². The summed E-state index contributed by atoms with van der Waals surface area (Å²) in [5.41, 5.74) is 3.90. The van der Waals surface area contributed by atoms with E-state index in [4.69, 9.17) is 5.84 Å². The van der Waals surface area contributed by atoms with Crippen molar-refractivity contribution in [3.8, 4) is 0 Å². The Morgan fingerprint density at radius 1 is 1.47 bits per heavy atom. The largest absolute Gasteiger partial charge is 0.352 e. The predicted molar refractivity (Wildman–Crippen MR) is 68.6 cm³/mol. The van der Waals surface area contributed by atoms with Crippen LogP contribution in [0.5, 0.6) is 0 Å². The minimum absolute atomic E-state index is 0.0905. The first-order valence-corrected chi connectivity index (χ1v) is 5.82. The number of carbonyl (C=O) groups excluding carboxylic acids is 1. The maximum Gasteiger partial charge on any atom is 0.251 e. The molecule has 17 heavy (non-hydrogen) atoms. The Morgan fingerprint density at radius 2 is 2.18 bits per heavy atom. The van der Waals surface area contributed by atoms with E-state index in [1.807, 2.05) is 6.92 Å². The number of aryl methyl sites for hydroxylation is 1. The smallest absolute Gasteiger partial charge is 0.251 e. The van der Waals surface area contributed by atoms with Crippen LogP contribution in [0.25, 0.3) is 0 Å². The molecule has 1 heterocycles. The fourth-order valence-corrected chi connectivity index (χ4v) is 1.37. The second kappa shape index (κ2) is 6.20. The lowest BCUT2D eigenvalue weighted by Crippen LogP contribution is -2.27. The number of rotatable bonds is 5. The molecule has 0 fully saturated rings. The highest BCUT2D eigenvalue weighted by Crippen LogP contribution is 2.10. The van der Waals surface area contributed by atoms with E-state index < -0.39 is 0 Å². The summed E-state index contributed by atoms with van der Waals surface area (Å²) < 4.78 is 0. The molecule has 0 atom stereocenters. The standard InChI is InChI=1S/C12H20N4O/c1-4-10-5-9(6-11(15-10)16-13)12(17)14-7-8(2)3/h5-6,8H,4,7,13H2,1-3H3,(H,14,17)(H,15,16). The molecule has 1 aromatic heterocycles. The number of nitrogens with one attached hydrogen (secondary N) is 2. The van der Waals surface area contributed by atoms with Crippen LogP contribution in [-0.2, 0) is 6.42 Å². The number of hydrogen-bond acceptors (Lipinski definition) is 4. The Hall–Kier alpha value is -1.62. The normalized spacial score (nSPS) is 10.4. The lowest BCUT2D eigenvalue weighted by Gasteiger charge is -2.10. The lowest BCUT2D eigenvalue weighted by molar-refractivity contribution is 0.0949. The van der Waals surface area contributed by atoms with Crippen LogP contribution in [0.3, 0.4) is 0 Å². The highest BCUT2D eigenvalue weighted by molar-refractivity contribution is 5.95. The number of nitrogens with two attached hydrogens (primary N) is 1. The second-order valence-corrected chi connectivity index (χ2v) is 4.33. The zero-order valence-electron chi connectivity index (χ0n) is 10.6. The Kier molecular flexibility index (Phi) is 4.90. The molecule has 0 saturated carbocycles. The first kappa shape index (κ1) is 13.4. The molecule has 0 unspecified atom stereocenters. The van der Waals surface area contributed by atoms with Gasteiger partial charge in [-0.1, -0.05) is 20.8 Å². The first-order valence-electron chi connectivity index (χ1n) is 5.82. The molecule has 1 rings (SSSR count). The van der Waals surface area contributed by atoms with E-state index in [0.717, 1.165) is 12.1 Å². The minimum Gasteiger partial charge on any atom is -0.352 e. The van der Waals surface area contributed by atoms with Crippen molar-refractivity contribution in [1.82, 2.24) is 10.3 Å². The second-order valence-electron chi connectivity index (χ2n) is 4.33. The fourth-order valence-electron chi connectivity index (χ4n) is 1.37. The van der Waals surface area contributed by atoms with Gasteiger partial charge in [0.05, 0.1) is 0 Å². The Morgan fingerprint density at radius 3 is 2.71 bits per heavy atom. The van der Waals surface area contributed by atoms with E-state index >= 15 is 0 Å². The van der Waals surface area contributed by atoms with E-state index in [9.17, 15) is 4.79 Å². The van der Waals surface area contributed by atoms with Crippen LogP contribution in [0.2, 0.25) is 0 Å². The Labute approximate surface area is 102 Å². The SMILES string of the molecule is CCc1cc(C(=O)NCC(C)C)cc(NN)n1. The number of nitrogen functional groups attached to an aromatic ring is 1. The molecule has 5 heteroatoms. The quantitative estimate of drug-likeness (QED) is 0.532. The number of nitrogens with zero attached hydrogens (tertiary/aromatic N) is 1. The number of anilines is 1. The summed E-state index contributed by atoms with van der Waals surface area (Å²) in [6.07, 6.45) is 0.764. The predicted octanol–water partition coefficient (Wildman–Crippen LogP) is 1.32. The van der Waals surface area contributed by atoms with Gasteiger partial charge in [0.2, 0.25) is 0 Å². The van der Waals surface area contributed by atoms with Gasteiger partial charge in [0.1, 0.15) is 5.82 Å². The first-order chi connectivity index (χ1) is 8.06. The molecule has 5 nitrogen and oxygen atoms in total. The fraction of sp³-hybridized carbons (Fsp3) is 0.500. The minimum atomic E-state index is -0.0905. The van der Waals surface area contributed by atoms with Crippen molar-refractivity contribution in [3.05, 3.63) is 23.4 Å². The number of amides is 1. The van der Waals surface area contributed by atoms with Gasteiger partial charge in [-0.3, -0.25) is 4.79 Å². The van der Waals surface area contributed by atoms with Gasteiger partial charge in [-0.05, 0) is 24.5 Å². The molecule has 0 aliphatic heterocycles. The molecule has 0 aliphatic carbocycles. The van der Waals surface area contributed by atoms with E-state index in [2.05, 4.69) is 29.6 Å². The third-order valence-electron chi connectivity index (χ3n) is 2.32. The number of aromatic nitrogens is 1. The molecule has 1 amide bonds. The average molecular weight is 236 g/mol. The summed E-state index contributed by atoms with van der Waals surface area (Å²) in [6.45, 7) is 6.75. The summed E-state index contributed by atoms with van der Waals surface area (Å²) in [6, 6.07) is 3.44. The van der Waals surface area contributed by atoms with Crippen molar-refractivity contribution >= 4 is 11.7 Å². The monoisotopic (exact) mass is 236 g/mol. The maximum absolute atomic E-state index is 11.9. The van der Waals surface area contributed by atoms with E-state index in [1.54, 1.807) is 12.1 Å². The number of carbonyl (C=O) groups is 1. The van der Waals surface area contributed by atoms with Gasteiger partial charge in [-0.15, -0.1) is 0 Å². The van der Waals surface area contributed by atoms with Crippen LogP contribution in [0.15, 0.2) is 12.1 Å². The van der Waals surface area contributed by atoms with E-state index in [1.165, 1.54) is 0 Å². The van der Waals surface area contributed by atoms with Crippen molar-refractivity contribution < 1.29 is 4.79 Å². The highest BCUT2D eigenvalue weighted by Gasteiger charge is 2.09. The van der Waals surface area contributed by atoms with Gasteiger partial charge in [0.15, 0.2) is 0 Å². The molecule has 4 N–H and O–H groups in total. The summed E-state index contributed by atoms with van der Waals surface area (Å²) >= 11 is 0. The molecular weight excluding hydrogens is 216 g/mol. The Balaban J connectivity index is 2.84. The molecule has 0 saturated heterocycles. The summed E-state index contributed by atoms with van der Waals surface area (Å²) in [7, 11) is 0. The number of hydrazine groups is 1. The van der Waals surface area contributed by atoms with Crippen molar-refractivity contribution in [1.29, 1.82) is 0 Å². The molecule has 0 spiro atoms. The number of pyridine rings is 1. The van der Waals surface area contributed by atoms with Crippen molar-refractivity contribution in [3.63, 3.8) is 0 Å². The van der Waals surface area contributed by atoms with E-state index in [-0.39, 0.29) is 5.91 Å².